The van der Waals surface area contributed by atoms with Crippen LogP contribution in [0.1, 0.15) is 34.8 Å². The van der Waals surface area contributed by atoms with E-state index in [2.05, 4.69) is 48.3 Å². The molecule has 0 fully saturated rings. The van der Waals surface area contributed by atoms with Crippen LogP contribution in [0.3, 0.4) is 0 Å². The van der Waals surface area contributed by atoms with Gasteiger partial charge in [-0.2, -0.15) is 0 Å². The fourth-order valence-electron chi connectivity index (χ4n) is 3.40. The van der Waals surface area contributed by atoms with E-state index in [0.29, 0.717) is 22.9 Å². The quantitative estimate of drug-likeness (QED) is 0.329. The number of aryl methyl sites for hydroxylation is 1. The molecule has 32 heavy (non-hydrogen) atoms. The Kier molecular flexibility index (Phi) is 6.75. The lowest BCUT2D eigenvalue weighted by Crippen LogP contribution is -2.27. The van der Waals surface area contributed by atoms with E-state index in [0.717, 1.165) is 29.4 Å². The number of thioether (sulfide) groups is 1. The molecule has 7 heteroatoms. The van der Waals surface area contributed by atoms with Crippen molar-refractivity contribution in [3.63, 3.8) is 0 Å². The highest BCUT2D eigenvalue weighted by molar-refractivity contribution is 7.98. The minimum Gasteiger partial charge on any atom is -0.461 e. The molecule has 1 amide bonds. The highest BCUT2D eigenvalue weighted by Gasteiger charge is 2.18. The second-order valence-corrected chi connectivity index (χ2v) is 8.61. The highest BCUT2D eigenvalue weighted by Crippen LogP contribution is 2.30. The van der Waals surface area contributed by atoms with Crippen LogP contribution in [0.25, 0.3) is 17.3 Å². The molecule has 164 valence electrons. The van der Waals surface area contributed by atoms with Crippen LogP contribution in [-0.4, -0.2) is 39.2 Å². The van der Waals surface area contributed by atoms with Gasteiger partial charge in [0.15, 0.2) is 10.9 Å². The van der Waals surface area contributed by atoms with E-state index < -0.39 is 0 Å². The van der Waals surface area contributed by atoms with Gasteiger partial charge in [-0.3, -0.25) is 9.36 Å². The van der Waals surface area contributed by atoms with Gasteiger partial charge in [0.05, 0.1) is 6.26 Å². The van der Waals surface area contributed by atoms with Gasteiger partial charge >= 0.3 is 0 Å². The predicted molar refractivity (Wildman–Crippen MR) is 127 cm³/mol. The molecule has 0 atom stereocenters. The number of carbonyl (C=O) groups excluding carboxylic acids is 1. The molecule has 0 aliphatic carbocycles. The molecule has 6 nitrogen and oxygen atoms in total. The summed E-state index contributed by atoms with van der Waals surface area (Å²) in [6, 6.07) is 19.8. The Balaban J connectivity index is 1.55. The van der Waals surface area contributed by atoms with Crippen molar-refractivity contribution >= 4 is 17.7 Å². The summed E-state index contributed by atoms with van der Waals surface area (Å²) in [5.74, 6) is 2.10. The zero-order chi connectivity index (χ0) is 22.5. The van der Waals surface area contributed by atoms with Crippen LogP contribution in [0.15, 0.2) is 76.5 Å². The van der Waals surface area contributed by atoms with Gasteiger partial charge in [0.2, 0.25) is 5.82 Å². The van der Waals surface area contributed by atoms with Gasteiger partial charge in [0.25, 0.3) is 5.91 Å². The van der Waals surface area contributed by atoms with Gasteiger partial charge in [0.1, 0.15) is 0 Å². The molecule has 4 rings (SSSR count). The number of carbonyl (C=O) groups is 1. The number of hydrogen-bond donors (Lipinski definition) is 0. The zero-order valence-electron chi connectivity index (χ0n) is 18.5. The Morgan fingerprint density at radius 2 is 1.81 bits per heavy atom. The fraction of sp³-hybridized carbons (Fsp3) is 0.240. The summed E-state index contributed by atoms with van der Waals surface area (Å²) in [6.07, 6.45) is 2.58. The van der Waals surface area contributed by atoms with Gasteiger partial charge in [-0.05, 0) is 55.3 Å². The van der Waals surface area contributed by atoms with E-state index in [9.17, 15) is 4.79 Å². The van der Waals surface area contributed by atoms with Crippen molar-refractivity contribution in [3.8, 4) is 17.3 Å². The Bertz CT molecular complexity index is 1170. The number of aromatic nitrogens is 3. The summed E-state index contributed by atoms with van der Waals surface area (Å²) in [4.78, 5) is 14.2. The SMILES string of the molecule is CCCN(C)C(=O)c1ccc(CSc2nnc(-c3ccco3)n2-c2ccc(C)cc2)cc1. The molecule has 0 saturated heterocycles. The maximum Gasteiger partial charge on any atom is 0.253 e. The Hall–Kier alpha value is -3.32. The summed E-state index contributed by atoms with van der Waals surface area (Å²) in [5.41, 5.74) is 3.99. The third-order valence-electron chi connectivity index (χ3n) is 5.14. The van der Waals surface area contributed by atoms with Crippen LogP contribution in [0, 0.1) is 6.92 Å². The van der Waals surface area contributed by atoms with Crippen molar-refractivity contribution in [2.45, 2.75) is 31.2 Å². The van der Waals surface area contributed by atoms with Crippen molar-refractivity contribution in [3.05, 3.63) is 83.6 Å². The molecule has 0 aliphatic rings. The number of nitrogens with zero attached hydrogens (tertiary/aromatic N) is 4. The summed E-state index contributed by atoms with van der Waals surface area (Å²) in [6.45, 7) is 4.88. The van der Waals surface area contributed by atoms with E-state index >= 15 is 0 Å². The first kappa shape index (κ1) is 21.9. The molecule has 2 aromatic heterocycles. The van der Waals surface area contributed by atoms with Crippen LogP contribution in [0.4, 0.5) is 0 Å². The molecule has 0 radical (unpaired) electrons. The number of benzene rings is 2. The monoisotopic (exact) mass is 446 g/mol. The number of furan rings is 1. The highest BCUT2D eigenvalue weighted by atomic mass is 32.2. The van der Waals surface area contributed by atoms with E-state index in [1.807, 2.05) is 48.0 Å². The zero-order valence-corrected chi connectivity index (χ0v) is 19.3. The molecule has 4 aromatic rings. The van der Waals surface area contributed by atoms with Crippen molar-refractivity contribution in [1.29, 1.82) is 0 Å². The maximum absolute atomic E-state index is 12.5. The molecule has 0 aliphatic heterocycles. The minimum atomic E-state index is 0.0493. The molecule has 0 spiro atoms. The van der Waals surface area contributed by atoms with Gasteiger partial charge in [-0.15, -0.1) is 10.2 Å². The standard InChI is InChI=1S/C25H26N4O2S/c1-4-15-28(3)24(30)20-11-9-19(10-12-20)17-32-25-27-26-23(22-6-5-16-31-22)29(25)21-13-7-18(2)8-14-21/h5-14,16H,4,15,17H2,1-3H3. The smallest absolute Gasteiger partial charge is 0.253 e. The van der Waals surface area contributed by atoms with Crippen LogP contribution in [0.2, 0.25) is 0 Å². The number of amides is 1. The largest absolute Gasteiger partial charge is 0.461 e. The second-order valence-electron chi connectivity index (χ2n) is 7.67. The average Bonchev–Trinajstić information content (AvgIpc) is 3.48. The minimum absolute atomic E-state index is 0.0493. The van der Waals surface area contributed by atoms with Gasteiger partial charge in [0, 0.05) is 30.6 Å². The number of hydrogen-bond acceptors (Lipinski definition) is 5. The van der Waals surface area contributed by atoms with E-state index in [1.54, 1.807) is 22.9 Å². The molecular formula is C25H26N4O2S. The lowest BCUT2D eigenvalue weighted by Gasteiger charge is -2.16. The first-order valence-electron chi connectivity index (χ1n) is 10.6. The normalized spacial score (nSPS) is 11.0. The summed E-state index contributed by atoms with van der Waals surface area (Å²) >= 11 is 1.60. The van der Waals surface area contributed by atoms with E-state index in [-0.39, 0.29) is 5.91 Å². The molecule has 0 N–H and O–H groups in total. The van der Waals surface area contributed by atoms with E-state index in [4.69, 9.17) is 4.42 Å². The summed E-state index contributed by atoms with van der Waals surface area (Å²) in [5, 5.41) is 9.60. The van der Waals surface area contributed by atoms with Crippen molar-refractivity contribution in [2.24, 2.45) is 0 Å². The van der Waals surface area contributed by atoms with Gasteiger partial charge in [-0.25, -0.2) is 0 Å². The van der Waals surface area contributed by atoms with Crippen LogP contribution >= 0.6 is 11.8 Å². The molecule has 0 bridgehead atoms. The predicted octanol–water partition coefficient (Wildman–Crippen LogP) is 5.61. The third kappa shape index (κ3) is 4.78. The Morgan fingerprint density at radius 3 is 2.47 bits per heavy atom. The lowest BCUT2D eigenvalue weighted by atomic mass is 10.1. The van der Waals surface area contributed by atoms with Crippen molar-refractivity contribution < 1.29 is 9.21 Å². The molecule has 2 aromatic carbocycles. The van der Waals surface area contributed by atoms with E-state index in [1.165, 1.54) is 5.56 Å². The first-order chi connectivity index (χ1) is 15.6. The van der Waals surface area contributed by atoms with Crippen molar-refractivity contribution in [1.82, 2.24) is 19.7 Å². The fourth-order valence-corrected chi connectivity index (χ4v) is 4.31. The molecule has 0 saturated carbocycles. The Morgan fingerprint density at radius 1 is 1.06 bits per heavy atom. The average molecular weight is 447 g/mol. The Labute approximate surface area is 192 Å². The third-order valence-corrected chi connectivity index (χ3v) is 6.14. The first-order valence-corrected chi connectivity index (χ1v) is 11.6. The second kappa shape index (κ2) is 9.87. The molecule has 0 unspecified atom stereocenters. The lowest BCUT2D eigenvalue weighted by molar-refractivity contribution is 0.0795. The number of rotatable bonds is 8. The van der Waals surface area contributed by atoms with Crippen LogP contribution in [0.5, 0.6) is 0 Å². The maximum atomic E-state index is 12.5. The van der Waals surface area contributed by atoms with Gasteiger partial charge < -0.3 is 9.32 Å². The topological polar surface area (TPSA) is 64.2 Å². The van der Waals surface area contributed by atoms with Crippen LogP contribution in [-0.2, 0) is 5.75 Å². The summed E-state index contributed by atoms with van der Waals surface area (Å²) in [7, 11) is 1.84. The van der Waals surface area contributed by atoms with Gasteiger partial charge in [-0.1, -0.05) is 48.5 Å². The molecular weight excluding hydrogens is 420 g/mol. The van der Waals surface area contributed by atoms with Crippen LogP contribution < -0.4 is 0 Å². The molecule has 2 heterocycles. The van der Waals surface area contributed by atoms with Crippen molar-refractivity contribution in [2.75, 3.05) is 13.6 Å². The summed E-state index contributed by atoms with van der Waals surface area (Å²) < 4.78 is 7.60.